The second-order valence-corrected chi connectivity index (χ2v) is 7.43. The minimum Gasteiger partial charge on any atom is -0.367 e. The van der Waals surface area contributed by atoms with E-state index in [-0.39, 0.29) is 18.2 Å². The molecule has 0 aliphatic carbocycles. The van der Waals surface area contributed by atoms with Crippen LogP contribution in [0.4, 0.5) is 0 Å². The number of amides is 1. The zero-order valence-electron chi connectivity index (χ0n) is 15.1. The van der Waals surface area contributed by atoms with Gasteiger partial charge < -0.3 is 9.64 Å². The minimum atomic E-state index is -0.0185. The standard InChI is InChI=1S/C20H30N2O2/c1-15(2)22-12-8-7-11-18(22)20(23)21-13-16(3)24-19(14-21)17-9-5-4-6-10-17/h4-6,9-10,15-16,18-19H,7-8,11-14H2,1-3H3. The summed E-state index contributed by atoms with van der Waals surface area (Å²) >= 11 is 0. The monoisotopic (exact) mass is 330 g/mol. The van der Waals surface area contributed by atoms with Crippen molar-refractivity contribution in [1.29, 1.82) is 0 Å². The molecule has 3 rings (SSSR count). The van der Waals surface area contributed by atoms with Gasteiger partial charge in [-0.05, 0) is 45.7 Å². The van der Waals surface area contributed by atoms with Crippen LogP contribution < -0.4 is 0 Å². The van der Waals surface area contributed by atoms with Gasteiger partial charge in [0.05, 0.1) is 18.7 Å². The van der Waals surface area contributed by atoms with Crippen LogP contribution >= 0.6 is 0 Å². The third-order valence-electron chi connectivity index (χ3n) is 5.24. The summed E-state index contributed by atoms with van der Waals surface area (Å²) in [5, 5.41) is 0. The van der Waals surface area contributed by atoms with Gasteiger partial charge in [0, 0.05) is 12.6 Å². The molecule has 2 aliphatic heterocycles. The molecule has 3 unspecified atom stereocenters. The molecule has 24 heavy (non-hydrogen) atoms. The van der Waals surface area contributed by atoms with Gasteiger partial charge in [-0.25, -0.2) is 0 Å². The first kappa shape index (κ1) is 17.4. The molecule has 2 fully saturated rings. The van der Waals surface area contributed by atoms with Crippen LogP contribution in [0.25, 0.3) is 0 Å². The maximum atomic E-state index is 13.2. The van der Waals surface area contributed by atoms with E-state index >= 15 is 0 Å². The van der Waals surface area contributed by atoms with Gasteiger partial charge in [0.25, 0.3) is 0 Å². The summed E-state index contributed by atoms with van der Waals surface area (Å²) in [4.78, 5) is 17.6. The Labute approximate surface area is 145 Å². The highest BCUT2D eigenvalue weighted by atomic mass is 16.5. The second kappa shape index (κ2) is 7.66. The van der Waals surface area contributed by atoms with Crippen LogP contribution in [0.1, 0.15) is 51.7 Å². The highest BCUT2D eigenvalue weighted by Gasteiger charge is 2.37. The predicted molar refractivity (Wildman–Crippen MR) is 95.8 cm³/mol. The van der Waals surface area contributed by atoms with Crippen LogP contribution in [0.5, 0.6) is 0 Å². The molecule has 2 heterocycles. The van der Waals surface area contributed by atoms with Gasteiger partial charge in [-0.3, -0.25) is 9.69 Å². The van der Waals surface area contributed by atoms with Crippen molar-refractivity contribution in [3.63, 3.8) is 0 Å². The summed E-state index contributed by atoms with van der Waals surface area (Å²) in [6.45, 7) is 8.85. The summed E-state index contributed by atoms with van der Waals surface area (Å²) in [5.41, 5.74) is 1.16. The number of rotatable bonds is 3. The zero-order chi connectivity index (χ0) is 17.1. The van der Waals surface area contributed by atoms with Gasteiger partial charge in [0.2, 0.25) is 5.91 Å². The summed E-state index contributed by atoms with van der Waals surface area (Å²) in [6, 6.07) is 10.7. The number of hydrogen-bond donors (Lipinski definition) is 0. The number of carbonyl (C=O) groups is 1. The van der Waals surface area contributed by atoms with Crippen LogP contribution in [-0.4, -0.2) is 53.5 Å². The van der Waals surface area contributed by atoms with Crippen molar-refractivity contribution in [2.45, 2.75) is 64.3 Å². The van der Waals surface area contributed by atoms with E-state index in [0.717, 1.165) is 24.9 Å². The molecular weight excluding hydrogens is 300 g/mol. The number of carbonyl (C=O) groups excluding carboxylic acids is 1. The molecule has 2 aliphatic rings. The summed E-state index contributed by atoms with van der Waals surface area (Å²) in [7, 11) is 0. The van der Waals surface area contributed by atoms with E-state index in [0.29, 0.717) is 25.0 Å². The van der Waals surface area contributed by atoms with Crippen LogP contribution in [0.2, 0.25) is 0 Å². The molecule has 2 saturated heterocycles. The third kappa shape index (κ3) is 3.81. The van der Waals surface area contributed by atoms with E-state index < -0.39 is 0 Å². The SMILES string of the molecule is CC1CN(C(=O)C2CCCCN2C(C)C)CC(c2ccccc2)O1. The second-order valence-electron chi connectivity index (χ2n) is 7.43. The summed E-state index contributed by atoms with van der Waals surface area (Å²) < 4.78 is 6.11. The van der Waals surface area contributed by atoms with Gasteiger partial charge in [0.15, 0.2) is 0 Å². The lowest BCUT2D eigenvalue weighted by atomic mass is 9.98. The molecule has 132 valence electrons. The molecule has 3 atom stereocenters. The highest BCUT2D eigenvalue weighted by molar-refractivity contribution is 5.82. The van der Waals surface area contributed by atoms with Crippen molar-refractivity contribution in [3.05, 3.63) is 35.9 Å². The fourth-order valence-corrected chi connectivity index (χ4v) is 4.03. The molecule has 0 spiro atoms. The molecule has 1 amide bonds. The number of morpholine rings is 1. The van der Waals surface area contributed by atoms with E-state index in [1.54, 1.807) is 0 Å². The Morgan fingerprint density at radius 2 is 1.92 bits per heavy atom. The van der Waals surface area contributed by atoms with E-state index in [4.69, 9.17) is 4.74 Å². The molecular formula is C20H30N2O2. The zero-order valence-corrected chi connectivity index (χ0v) is 15.1. The largest absolute Gasteiger partial charge is 0.367 e. The molecule has 0 saturated carbocycles. The minimum absolute atomic E-state index is 0.0185. The van der Waals surface area contributed by atoms with Gasteiger partial charge in [0.1, 0.15) is 6.10 Å². The Morgan fingerprint density at radius 1 is 1.17 bits per heavy atom. The number of benzene rings is 1. The molecule has 0 N–H and O–H groups in total. The van der Waals surface area contributed by atoms with Crippen LogP contribution in [0.3, 0.4) is 0 Å². The van der Waals surface area contributed by atoms with E-state index in [2.05, 4.69) is 37.8 Å². The molecule has 1 aromatic rings. The fourth-order valence-electron chi connectivity index (χ4n) is 4.03. The summed E-state index contributed by atoms with van der Waals surface area (Å²) in [5.74, 6) is 0.291. The van der Waals surface area contributed by atoms with Crippen molar-refractivity contribution in [3.8, 4) is 0 Å². The lowest BCUT2D eigenvalue weighted by Crippen LogP contribution is -2.56. The normalized spacial score (nSPS) is 29.0. The lowest BCUT2D eigenvalue weighted by molar-refractivity contribution is -0.152. The maximum Gasteiger partial charge on any atom is 0.240 e. The van der Waals surface area contributed by atoms with Crippen molar-refractivity contribution in [2.24, 2.45) is 0 Å². The van der Waals surface area contributed by atoms with Crippen molar-refractivity contribution in [2.75, 3.05) is 19.6 Å². The van der Waals surface area contributed by atoms with Gasteiger partial charge in [-0.2, -0.15) is 0 Å². The van der Waals surface area contributed by atoms with Crippen LogP contribution in [-0.2, 0) is 9.53 Å². The molecule has 0 aromatic heterocycles. The van der Waals surface area contributed by atoms with E-state index in [1.807, 2.05) is 23.1 Å². The predicted octanol–water partition coefficient (Wildman–Crippen LogP) is 3.24. The first-order valence-corrected chi connectivity index (χ1v) is 9.31. The fraction of sp³-hybridized carbons (Fsp3) is 0.650. The summed E-state index contributed by atoms with van der Waals surface area (Å²) in [6.07, 6.45) is 3.40. The lowest BCUT2D eigenvalue weighted by Gasteiger charge is -2.43. The first-order valence-electron chi connectivity index (χ1n) is 9.31. The maximum absolute atomic E-state index is 13.2. The average molecular weight is 330 g/mol. The smallest absolute Gasteiger partial charge is 0.240 e. The number of hydrogen-bond acceptors (Lipinski definition) is 3. The van der Waals surface area contributed by atoms with E-state index in [9.17, 15) is 4.79 Å². The van der Waals surface area contributed by atoms with E-state index in [1.165, 1.54) is 6.42 Å². The average Bonchev–Trinajstić information content (AvgIpc) is 2.61. The van der Waals surface area contributed by atoms with Gasteiger partial charge >= 0.3 is 0 Å². The van der Waals surface area contributed by atoms with Crippen molar-refractivity contribution < 1.29 is 9.53 Å². The van der Waals surface area contributed by atoms with Crippen molar-refractivity contribution >= 4 is 5.91 Å². The Balaban J connectivity index is 1.73. The first-order chi connectivity index (χ1) is 11.6. The highest BCUT2D eigenvalue weighted by Crippen LogP contribution is 2.28. The molecule has 1 aromatic carbocycles. The Kier molecular flexibility index (Phi) is 5.57. The topological polar surface area (TPSA) is 32.8 Å². The van der Waals surface area contributed by atoms with Gasteiger partial charge in [-0.15, -0.1) is 0 Å². The van der Waals surface area contributed by atoms with Crippen molar-refractivity contribution in [1.82, 2.24) is 9.80 Å². The molecule has 0 radical (unpaired) electrons. The Bertz CT molecular complexity index is 546. The Hall–Kier alpha value is -1.39. The quantitative estimate of drug-likeness (QED) is 0.853. The number of piperidine rings is 1. The Morgan fingerprint density at radius 3 is 2.62 bits per heavy atom. The molecule has 0 bridgehead atoms. The molecule has 4 heteroatoms. The number of likely N-dealkylation sites (tertiary alicyclic amines) is 1. The molecule has 4 nitrogen and oxygen atoms in total. The third-order valence-corrected chi connectivity index (χ3v) is 5.24. The van der Waals surface area contributed by atoms with Crippen LogP contribution in [0.15, 0.2) is 30.3 Å². The van der Waals surface area contributed by atoms with Crippen LogP contribution in [0, 0.1) is 0 Å². The number of ether oxygens (including phenoxy) is 1. The van der Waals surface area contributed by atoms with Gasteiger partial charge in [-0.1, -0.05) is 36.8 Å². The number of nitrogens with zero attached hydrogens (tertiary/aromatic N) is 2.